The number of nitrogens with one attached hydrogen (secondary N) is 1. The summed E-state index contributed by atoms with van der Waals surface area (Å²) in [6.45, 7) is 13.9. The number of ketones is 1. The first-order valence-electron chi connectivity index (χ1n) is 19.2. The number of allylic oxidation sites excluding steroid dienone is 1. The molecule has 13 heteroatoms. The summed E-state index contributed by atoms with van der Waals surface area (Å²) in [6.07, 6.45) is 6.88. The number of carbonyl (C=O) groups excluding carboxylic acids is 4. The Morgan fingerprint density at radius 3 is 2.56 bits per heavy atom. The zero-order valence-corrected chi connectivity index (χ0v) is 33.3. The number of nitrogens with zero attached hydrogens (tertiary/aromatic N) is 2. The van der Waals surface area contributed by atoms with Crippen molar-refractivity contribution in [2.75, 3.05) is 20.3 Å². The number of sulfonamides is 1. The summed E-state index contributed by atoms with van der Waals surface area (Å²) in [5, 5.41) is 1.05. The normalized spacial score (nSPS) is 27.9. The Morgan fingerprint density at radius 2 is 1.91 bits per heavy atom. The lowest BCUT2D eigenvalue weighted by atomic mass is 9.77. The van der Waals surface area contributed by atoms with Crippen LogP contribution in [0.3, 0.4) is 0 Å². The number of esters is 1. The Kier molecular flexibility index (Phi) is 11.0. The topological polar surface area (TPSA) is 158 Å². The van der Waals surface area contributed by atoms with Gasteiger partial charge < -0.3 is 19.1 Å². The van der Waals surface area contributed by atoms with Crippen LogP contribution in [0.4, 0.5) is 0 Å². The zero-order chi connectivity index (χ0) is 39.2. The Bertz CT molecular complexity index is 1930. The quantitative estimate of drug-likeness (QED) is 0.261. The maximum Gasteiger partial charge on any atom is 0.306 e. The molecule has 5 atom stereocenters. The molecule has 2 amide bonds. The molecule has 6 rings (SSSR count). The lowest BCUT2D eigenvalue weighted by molar-refractivity contribution is -0.155. The predicted octanol–water partition coefficient (Wildman–Crippen LogP) is 5.70. The van der Waals surface area contributed by atoms with Crippen molar-refractivity contribution in [3.63, 3.8) is 0 Å². The molecule has 4 aliphatic rings. The molecule has 2 aliphatic carbocycles. The van der Waals surface area contributed by atoms with Gasteiger partial charge in [-0.1, -0.05) is 47.1 Å². The van der Waals surface area contributed by atoms with Gasteiger partial charge in [0, 0.05) is 24.4 Å². The molecule has 1 N–H and O–H groups in total. The Hall–Kier alpha value is -4.00. The number of ether oxygens (including phenoxy) is 3. The van der Waals surface area contributed by atoms with Crippen LogP contribution in [0.25, 0.3) is 10.8 Å². The van der Waals surface area contributed by atoms with Crippen molar-refractivity contribution in [3.05, 3.63) is 42.6 Å². The smallest absolute Gasteiger partial charge is 0.306 e. The summed E-state index contributed by atoms with van der Waals surface area (Å²) >= 11 is 0. The minimum Gasteiger partial charge on any atom is -0.496 e. The highest BCUT2D eigenvalue weighted by molar-refractivity contribution is 7.90. The van der Waals surface area contributed by atoms with Crippen molar-refractivity contribution in [2.45, 2.75) is 116 Å². The molecule has 0 spiro atoms. The van der Waals surface area contributed by atoms with E-state index in [4.69, 9.17) is 14.2 Å². The second-order valence-corrected chi connectivity index (χ2v) is 19.6. The van der Waals surface area contributed by atoms with E-state index >= 15 is 0 Å². The van der Waals surface area contributed by atoms with Gasteiger partial charge in [0.05, 0.1) is 49.3 Å². The highest BCUT2D eigenvalue weighted by Crippen LogP contribution is 2.57. The average Bonchev–Trinajstić information content (AvgIpc) is 4.03. The van der Waals surface area contributed by atoms with Gasteiger partial charge in [0.2, 0.25) is 27.7 Å². The van der Waals surface area contributed by atoms with Crippen molar-refractivity contribution >= 4 is 44.4 Å². The predicted molar refractivity (Wildman–Crippen MR) is 203 cm³/mol. The number of hydrogen-bond donors (Lipinski definition) is 1. The third-order valence-electron chi connectivity index (χ3n) is 11.8. The van der Waals surface area contributed by atoms with E-state index in [9.17, 15) is 27.6 Å². The number of rotatable bonds is 8. The van der Waals surface area contributed by atoms with Gasteiger partial charge in [0.25, 0.3) is 0 Å². The molecule has 294 valence electrons. The minimum atomic E-state index is -3.85. The Labute approximate surface area is 318 Å². The summed E-state index contributed by atoms with van der Waals surface area (Å²) in [6, 6.07) is 4.90. The van der Waals surface area contributed by atoms with E-state index in [2.05, 4.69) is 30.1 Å². The van der Waals surface area contributed by atoms with E-state index in [1.54, 1.807) is 19.4 Å². The van der Waals surface area contributed by atoms with Crippen molar-refractivity contribution in [1.29, 1.82) is 0 Å². The van der Waals surface area contributed by atoms with Crippen LogP contribution in [-0.2, 0) is 40.4 Å². The van der Waals surface area contributed by atoms with Gasteiger partial charge in [-0.3, -0.25) is 23.9 Å². The van der Waals surface area contributed by atoms with Crippen LogP contribution in [0.15, 0.2) is 37.1 Å². The van der Waals surface area contributed by atoms with E-state index < -0.39 is 62.0 Å². The molecule has 1 aromatic carbocycles. The van der Waals surface area contributed by atoms with Crippen LogP contribution < -0.4 is 14.2 Å². The first-order valence-corrected chi connectivity index (χ1v) is 20.7. The van der Waals surface area contributed by atoms with Crippen LogP contribution in [-0.4, -0.2) is 79.5 Å². The number of cyclic esters (lactones) is 1. The second kappa shape index (κ2) is 14.9. The first kappa shape index (κ1) is 39.7. The van der Waals surface area contributed by atoms with E-state index in [1.165, 1.54) is 4.90 Å². The van der Waals surface area contributed by atoms with E-state index in [0.717, 1.165) is 47.8 Å². The molecule has 4 bridgehead atoms. The number of carbonyl (C=O) groups is 4. The number of hydrogen-bond acceptors (Lipinski definition) is 10. The van der Waals surface area contributed by atoms with Crippen molar-refractivity contribution in [3.8, 4) is 11.6 Å². The number of amides is 2. The second-order valence-electron chi connectivity index (χ2n) is 17.7. The number of aryl methyl sites for hydroxylation is 1. The van der Waals surface area contributed by atoms with Crippen molar-refractivity contribution in [2.24, 2.45) is 28.1 Å². The molecule has 3 fully saturated rings. The number of aromatic nitrogens is 1. The molecule has 0 radical (unpaired) electrons. The molecule has 2 saturated carbocycles. The number of benzene rings is 1. The molecule has 0 unspecified atom stereocenters. The van der Waals surface area contributed by atoms with Crippen LogP contribution in [0, 0.1) is 28.1 Å². The van der Waals surface area contributed by atoms with Gasteiger partial charge in [0.15, 0.2) is 5.78 Å². The van der Waals surface area contributed by atoms with Crippen molar-refractivity contribution < 1.29 is 41.8 Å². The third-order valence-corrected chi connectivity index (χ3v) is 13.6. The molecular formula is C41H55N3O9S. The molecule has 2 aromatic rings. The van der Waals surface area contributed by atoms with Gasteiger partial charge in [-0.15, -0.1) is 6.58 Å². The van der Waals surface area contributed by atoms with E-state index in [1.807, 2.05) is 39.0 Å². The maximum atomic E-state index is 14.7. The summed E-state index contributed by atoms with van der Waals surface area (Å²) in [4.78, 5) is 62.2. The van der Waals surface area contributed by atoms with E-state index in [0.29, 0.717) is 18.7 Å². The van der Waals surface area contributed by atoms with Gasteiger partial charge in [-0.05, 0) is 84.4 Å². The maximum absolute atomic E-state index is 14.7. The van der Waals surface area contributed by atoms with Gasteiger partial charge in [0.1, 0.15) is 11.9 Å². The molecule has 54 heavy (non-hydrogen) atoms. The molecule has 1 aromatic heterocycles. The fraction of sp³-hybridized carbons (Fsp3) is 0.634. The first-order chi connectivity index (χ1) is 25.4. The SMILES string of the molecule is C=C[C@@H]1C[C@]1(CC(=O)[C@@H]1C[C@@H]2CN1C(=O)[C@H](C(C)(C)C)CC(=O)OCC(C)(C)CCCCc1cc3c(nccc3cc1OC)O2)C(=O)NS(=O)(=O)C1CC1. The molecule has 1 saturated heterocycles. The monoisotopic (exact) mass is 765 g/mol. The van der Waals surface area contributed by atoms with Gasteiger partial charge in [-0.2, -0.15) is 0 Å². The van der Waals surface area contributed by atoms with Gasteiger partial charge in [-0.25, -0.2) is 13.4 Å². The fourth-order valence-electron chi connectivity index (χ4n) is 8.05. The summed E-state index contributed by atoms with van der Waals surface area (Å²) in [5.74, 6) is -2.05. The highest BCUT2D eigenvalue weighted by Gasteiger charge is 2.61. The Balaban J connectivity index is 1.35. The fourth-order valence-corrected chi connectivity index (χ4v) is 9.44. The molecule has 12 nitrogen and oxygen atoms in total. The zero-order valence-electron chi connectivity index (χ0n) is 32.4. The van der Waals surface area contributed by atoms with Gasteiger partial charge >= 0.3 is 5.97 Å². The van der Waals surface area contributed by atoms with E-state index in [-0.39, 0.29) is 55.9 Å². The summed E-state index contributed by atoms with van der Waals surface area (Å²) in [5.41, 5.74) is -1.24. The van der Waals surface area contributed by atoms with Crippen LogP contribution in [0.5, 0.6) is 11.6 Å². The number of Topliss-reactive ketones (excluding diaryl/α,β-unsaturated/α-hetero) is 1. The summed E-state index contributed by atoms with van der Waals surface area (Å²) < 4.78 is 45.9. The number of fused-ring (bicyclic) bond motifs is 3. The lowest BCUT2D eigenvalue weighted by Crippen LogP contribution is -2.48. The lowest BCUT2D eigenvalue weighted by Gasteiger charge is -2.35. The number of methoxy groups -OCH3 is 1. The van der Waals surface area contributed by atoms with Crippen molar-refractivity contribution in [1.82, 2.24) is 14.6 Å². The molecule has 3 heterocycles. The third kappa shape index (κ3) is 8.45. The standard InChI is InChI=1S/C41H55N3O9S/c1-8-27-21-41(27,38(48)43-54(49,50)29-12-13-29)22-33(45)32-19-28-23-44(32)37(47)31(39(2,3)4)20-35(46)52-24-40(5,6)15-10-9-11-26-17-30-25(18-34(26)51-7)14-16-42-36(30)53-28/h8,14,16-18,27-29,31-32H,1,9-13,15,19-24H2,2-7H3,(H,43,48)/t27-,28-,31-,32+,41-/m1/s1. The minimum absolute atomic E-state index is 0.0467. The summed E-state index contributed by atoms with van der Waals surface area (Å²) in [7, 11) is -2.20. The average molecular weight is 766 g/mol. The molecular weight excluding hydrogens is 711 g/mol. The highest BCUT2D eigenvalue weighted by atomic mass is 32.2. The van der Waals surface area contributed by atoms with Crippen LogP contribution >= 0.6 is 0 Å². The van der Waals surface area contributed by atoms with Crippen LogP contribution in [0.2, 0.25) is 0 Å². The Morgan fingerprint density at radius 1 is 1.17 bits per heavy atom. The largest absolute Gasteiger partial charge is 0.496 e. The van der Waals surface area contributed by atoms with Crippen LogP contribution in [0.1, 0.15) is 98.0 Å². The number of pyridine rings is 1. The molecule has 2 aliphatic heterocycles.